The number of hydrogen-bond donors (Lipinski definition) is 2. The van der Waals surface area contributed by atoms with Crippen LogP contribution in [0.25, 0.3) is 0 Å². The number of aromatic hydroxyl groups is 1. The number of nitrogens with zero attached hydrogens (tertiary/aromatic N) is 1. The lowest BCUT2D eigenvalue weighted by atomic mass is 10.0. The first-order valence-corrected chi connectivity index (χ1v) is 10.8. The molecule has 0 aromatic heterocycles. The maximum atomic E-state index is 13.0. The van der Waals surface area contributed by atoms with E-state index in [1.807, 2.05) is 20.8 Å². The van der Waals surface area contributed by atoms with Crippen molar-refractivity contribution < 1.29 is 34.0 Å². The summed E-state index contributed by atoms with van der Waals surface area (Å²) >= 11 is 0. The lowest BCUT2D eigenvalue weighted by Crippen LogP contribution is -2.41. The zero-order valence-corrected chi connectivity index (χ0v) is 18.9. The minimum Gasteiger partial charge on any atom is -0.504 e. The summed E-state index contributed by atoms with van der Waals surface area (Å²) in [5.41, 5.74) is 0.214. The van der Waals surface area contributed by atoms with Gasteiger partial charge in [0.15, 0.2) is 11.5 Å². The Morgan fingerprint density at radius 2 is 1.90 bits per heavy atom. The highest BCUT2D eigenvalue weighted by molar-refractivity contribution is 5.70. The molecule has 2 N–H and O–H groups in total. The number of likely N-dealkylation sites (tertiary alicyclic amines) is 1. The highest BCUT2D eigenvalue weighted by atomic mass is 16.6. The van der Waals surface area contributed by atoms with E-state index in [9.17, 15) is 14.7 Å². The molecular weight excluding hydrogens is 402 g/mol. The molecule has 2 unspecified atom stereocenters. The number of ether oxygens (including phenoxy) is 3. The Hall–Kier alpha value is -2.48. The fourth-order valence-electron chi connectivity index (χ4n) is 3.81. The van der Waals surface area contributed by atoms with Crippen LogP contribution in [-0.2, 0) is 14.3 Å². The number of rotatable bonds is 10. The van der Waals surface area contributed by atoms with Crippen LogP contribution in [-0.4, -0.2) is 59.1 Å². The number of phenolic OH excluding ortho intramolecular Hbond substituents is 1. The van der Waals surface area contributed by atoms with Gasteiger partial charge in [0, 0.05) is 32.6 Å². The normalized spacial score (nSPS) is 18.8. The number of carbonyl (C=O) groups excluding carboxylic acids is 1. The molecule has 0 bridgehead atoms. The van der Waals surface area contributed by atoms with Gasteiger partial charge in [0.25, 0.3) is 0 Å². The molecule has 174 valence electrons. The molecule has 2 atom stereocenters. The van der Waals surface area contributed by atoms with Crippen LogP contribution in [0, 0.1) is 0 Å². The third-order valence-electron chi connectivity index (χ3n) is 5.15. The first-order valence-electron chi connectivity index (χ1n) is 10.8. The minimum absolute atomic E-state index is 0.0426. The molecule has 0 saturated carbocycles. The highest BCUT2D eigenvalue weighted by Gasteiger charge is 2.40. The molecule has 1 aliphatic rings. The van der Waals surface area contributed by atoms with Gasteiger partial charge in [-0.25, -0.2) is 4.79 Å². The van der Waals surface area contributed by atoms with E-state index in [1.54, 1.807) is 30.2 Å². The quantitative estimate of drug-likeness (QED) is 0.519. The Morgan fingerprint density at radius 1 is 1.16 bits per heavy atom. The number of carboxylic acid groups (broad SMARTS) is 1. The topological polar surface area (TPSA) is 106 Å². The SMILES string of the molecule is COCCCOc1cc(C2CCC(CCCC(=O)O)N2C(=O)OC(C)(C)C)ccc1O. The smallest absolute Gasteiger partial charge is 0.411 e. The maximum absolute atomic E-state index is 13.0. The zero-order valence-electron chi connectivity index (χ0n) is 18.9. The molecular formula is C23H35NO7. The van der Waals surface area contributed by atoms with E-state index in [4.69, 9.17) is 19.3 Å². The summed E-state index contributed by atoms with van der Waals surface area (Å²) in [6, 6.07) is 4.81. The van der Waals surface area contributed by atoms with Crippen molar-refractivity contribution in [3.8, 4) is 11.5 Å². The highest BCUT2D eigenvalue weighted by Crippen LogP contribution is 2.41. The van der Waals surface area contributed by atoms with Crippen molar-refractivity contribution in [3.63, 3.8) is 0 Å². The minimum atomic E-state index is -0.841. The Morgan fingerprint density at radius 3 is 2.55 bits per heavy atom. The fourth-order valence-corrected chi connectivity index (χ4v) is 3.81. The van der Waals surface area contributed by atoms with E-state index in [2.05, 4.69) is 0 Å². The van der Waals surface area contributed by atoms with Gasteiger partial charge < -0.3 is 24.4 Å². The summed E-state index contributed by atoms with van der Waals surface area (Å²) in [4.78, 5) is 25.7. The van der Waals surface area contributed by atoms with Crippen LogP contribution in [0.3, 0.4) is 0 Å². The van der Waals surface area contributed by atoms with Crippen LogP contribution in [0.1, 0.15) is 70.9 Å². The predicted molar refractivity (Wildman–Crippen MR) is 115 cm³/mol. The number of hydrogen-bond acceptors (Lipinski definition) is 6. The summed E-state index contributed by atoms with van der Waals surface area (Å²) in [5, 5.41) is 19.1. The molecule has 1 aliphatic heterocycles. The van der Waals surface area contributed by atoms with E-state index in [0.29, 0.717) is 38.2 Å². The summed E-state index contributed by atoms with van der Waals surface area (Å²) in [6.45, 7) is 6.43. The fraction of sp³-hybridized carbons (Fsp3) is 0.652. The molecule has 31 heavy (non-hydrogen) atoms. The molecule has 0 aliphatic carbocycles. The van der Waals surface area contributed by atoms with E-state index >= 15 is 0 Å². The van der Waals surface area contributed by atoms with Crippen molar-refractivity contribution in [1.82, 2.24) is 4.90 Å². The van der Waals surface area contributed by atoms with Crippen molar-refractivity contribution in [2.45, 2.75) is 77.0 Å². The van der Waals surface area contributed by atoms with Gasteiger partial charge in [-0.15, -0.1) is 0 Å². The van der Waals surface area contributed by atoms with E-state index in [0.717, 1.165) is 18.4 Å². The molecule has 1 aromatic carbocycles. The number of carbonyl (C=O) groups is 2. The van der Waals surface area contributed by atoms with Gasteiger partial charge in [-0.2, -0.15) is 0 Å². The van der Waals surface area contributed by atoms with Crippen LogP contribution in [0.2, 0.25) is 0 Å². The molecule has 8 nitrogen and oxygen atoms in total. The summed E-state index contributed by atoms with van der Waals surface area (Å²) in [5.74, 6) is -0.430. The van der Waals surface area contributed by atoms with Gasteiger partial charge >= 0.3 is 12.1 Å². The van der Waals surface area contributed by atoms with Crippen LogP contribution in [0.5, 0.6) is 11.5 Å². The van der Waals surface area contributed by atoms with Gasteiger partial charge in [0.1, 0.15) is 5.60 Å². The number of methoxy groups -OCH3 is 1. The average Bonchev–Trinajstić information content (AvgIpc) is 3.09. The number of amides is 1. The lowest BCUT2D eigenvalue weighted by molar-refractivity contribution is -0.137. The first-order chi connectivity index (χ1) is 14.6. The standard InChI is InChI=1S/C23H35NO7/c1-23(2,3)31-22(28)24-17(7-5-8-21(26)27)10-11-18(24)16-9-12-19(25)20(15-16)30-14-6-13-29-4/h9,12,15,17-18,25H,5-8,10-11,13-14H2,1-4H3,(H,26,27). The lowest BCUT2D eigenvalue weighted by Gasteiger charge is -2.33. The Labute approximate surface area is 184 Å². The molecule has 2 rings (SSSR count). The van der Waals surface area contributed by atoms with Crippen LogP contribution < -0.4 is 4.74 Å². The number of phenols is 1. The van der Waals surface area contributed by atoms with Crippen molar-refractivity contribution in [2.24, 2.45) is 0 Å². The van der Waals surface area contributed by atoms with Gasteiger partial charge in [-0.3, -0.25) is 9.69 Å². The summed E-state index contributed by atoms with van der Waals surface area (Å²) in [7, 11) is 1.62. The van der Waals surface area contributed by atoms with Crippen molar-refractivity contribution in [2.75, 3.05) is 20.3 Å². The zero-order chi connectivity index (χ0) is 23.0. The van der Waals surface area contributed by atoms with Gasteiger partial charge in [-0.1, -0.05) is 6.07 Å². The number of carboxylic acids is 1. The molecule has 1 fully saturated rings. The third kappa shape index (κ3) is 7.61. The molecule has 1 amide bonds. The average molecular weight is 438 g/mol. The monoisotopic (exact) mass is 437 g/mol. The second-order valence-corrected chi connectivity index (χ2v) is 8.84. The van der Waals surface area contributed by atoms with E-state index in [1.165, 1.54) is 0 Å². The molecule has 1 saturated heterocycles. The van der Waals surface area contributed by atoms with Gasteiger partial charge in [-0.05, 0) is 64.2 Å². The Kier molecular flexibility index (Phi) is 8.98. The van der Waals surface area contributed by atoms with E-state index in [-0.39, 0.29) is 24.3 Å². The number of benzene rings is 1. The summed E-state index contributed by atoms with van der Waals surface area (Å²) < 4.78 is 16.4. The molecule has 0 radical (unpaired) electrons. The second-order valence-electron chi connectivity index (χ2n) is 8.84. The van der Waals surface area contributed by atoms with Crippen molar-refractivity contribution in [3.05, 3.63) is 23.8 Å². The Balaban J connectivity index is 2.21. The van der Waals surface area contributed by atoms with Crippen LogP contribution in [0.4, 0.5) is 4.79 Å². The van der Waals surface area contributed by atoms with Gasteiger partial charge in [0.2, 0.25) is 0 Å². The number of aliphatic carboxylic acids is 1. The first kappa shape index (κ1) is 24.8. The Bertz CT molecular complexity index is 744. The van der Waals surface area contributed by atoms with Crippen molar-refractivity contribution in [1.29, 1.82) is 0 Å². The molecule has 1 heterocycles. The van der Waals surface area contributed by atoms with Crippen molar-refractivity contribution >= 4 is 12.1 Å². The van der Waals surface area contributed by atoms with Crippen LogP contribution in [0.15, 0.2) is 18.2 Å². The predicted octanol–water partition coefficient (Wildman–Crippen LogP) is 4.50. The molecule has 8 heteroatoms. The third-order valence-corrected chi connectivity index (χ3v) is 5.15. The van der Waals surface area contributed by atoms with Crippen LogP contribution >= 0.6 is 0 Å². The second kappa shape index (κ2) is 11.2. The van der Waals surface area contributed by atoms with Gasteiger partial charge in [0.05, 0.1) is 12.6 Å². The molecule has 0 spiro atoms. The maximum Gasteiger partial charge on any atom is 0.411 e. The largest absolute Gasteiger partial charge is 0.504 e. The summed E-state index contributed by atoms with van der Waals surface area (Å²) in [6.07, 6.45) is 2.93. The molecule has 1 aromatic rings. The van der Waals surface area contributed by atoms with E-state index < -0.39 is 17.7 Å².